The van der Waals surface area contributed by atoms with Gasteiger partial charge in [0.05, 0.1) is 24.9 Å². The molecule has 2 aliphatic heterocycles. The van der Waals surface area contributed by atoms with Crippen molar-refractivity contribution >= 4 is 18.3 Å². The van der Waals surface area contributed by atoms with Crippen LogP contribution in [0.25, 0.3) is 0 Å². The van der Waals surface area contributed by atoms with Crippen LogP contribution < -0.4 is 5.73 Å². The summed E-state index contributed by atoms with van der Waals surface area (Å²) >= 11 is 0. The number of carbonyl (C=O) groups excluding carboxylic acids is 1. The molecule has 0 aromatic heterocycles. The van der Waals surface area contributed by atoms with E-state index in [9.17, 15) is 4.79 Å². The number of nitrogens with zero attached hydrogens (tertiary/aromatic N) is 1. The highest BCUT2D eigenvalue weighted by molar-refractivity contribution is 5.85. The summed E-state index contributed by atoms with van der Waals surface area (Å²) in [6.07, 6.45) is 6.82. The number of amides is 1. The number of nitrogens with two attached hydrogens (primary N) is 1. The second-order valence-electron chi connectivity index (χ2n) is 6.76. The molecule has 23 heavy (non-hydrogen) atoms. The number of likely N-dealkylation sites (tertiary alicyclic amines) is 1. The van der Waals surface area contributed by atoms with Crippen molar-refractivity contribution in [1.82, 2.24) is 4.90 Å². The second-order valence-corrected chi connectivity index (χ2v) is 6.76. The molecule has 1 amide bonds. The number of rotatable bonds is 6. The number of hydrogen-bond acceptors (Lipinski definition) is 4. The minimum Gasteiger partial charge on any atom is -0.376 e. The van der Waals surface area contributed by atoms with Gasteiger partial charge in [-0.2, -0.15) is 0 Å². The third-order valence-corrected chi connectivity index (χ3v) is 5.09. The van der Waals surface area contributed by atoms with Crippen LogP contribution in [0.5, 0.6) is 0 Å². The van der Waals surface area contributed by atoms with Gasteiger partial charge in [0.1, 0.15) is 0 Å². The van der Waals surface area contributed by atoms with Crippen LogP contribution in [0.1, 0.15) is 52.4 Å². The maximum absolute atomic E-state index is 12.4. The highest BCUT2D eigenvalue weighted by atomic mass is 35.5. The van der Waals surface area contributed by atoms with Gasteiger partial charge in [-0.15, -0.1) is 12.4 Å². The Bertz CT molecular complexity index is 343. The van der Waals surface area contributed by atoms with Gasteiger partial charge in [0, 0.05) is 19.7 Å². The molecule has 136 valence electrons. The fourth-order valence-corrected chi connectivity index (χ4v) is 3.13. The van der Waals surface area contributed by atoms with Gasteiger partial charge in [-0.1, -0.05) is 20.3 Å². The Morgan fingerprint density at radius 3 is 2.57 bits per heavy atom. The first-order valence-corrected chi connectivity index (χ1v) is 8.89. The Morgan fingerprint density at radius 2 is 2.00 bits per heavy atom. The van der Waals surface area contributed by atoms with Crippen molar-refractivity contribution in [3.63, 3.8) is 0 Å². The summed E-state index contributed by atoms with van der Waals surface area (Å²) in [5.74, 6) is 0.341. The van der Waals surface area contributed by atoms with E-state index in [0.717, 1.165) is 45.4 Å². The lowest BCUT2D eigenvalue weighted by atomic mass is 9.97. The smallest absolute Gasteiger partial charge is 0.239 e. The average molecular weight is 349 g/mol. The van der Waals surface area contributed by atoms with E-state index < -0.39 is 0 Å². The van der Waals surface area contributed by atoms with Crippen LogP contribution >= 0.6 is 12.4 Å². The fraction of sp³-hybridized carbons (Fsp3) is 0.941. The minimum atomic E-state index is -0.363. The lowest BCUT2D eigenvalue weighted by Gasteiger charge is -2.35. The molecule has 2 aliphatic rings. The Hall–Kier alpha value is -0.360. The van der Waals surface area contributed by atoms with E-state index in [1.165, 1.54) is 12.8 Å². The fourth-order valence-electron chi connectivity index (χ4n) is 3.13. The molecule has 2 fully saturated rings. The molecule has 0 aliphatic carbocycles. The summed E-state index contributed by atoms with van der Waals surface area (Å²) in [6, 6.07) is -0.363. The van der Waals surface area contributed by atoms with E-state index in [4.69, 9.17) is 15.2 Å². The Morgan fingerprint density at radius 1 is 1.30 bits per heavy atom. The summed E-state index contributed by atoms with van der Waals surface area (Å²) in [6.45, 7) is 7.21. The van der Waals surface area contributed by atoms with Gasteiger partial charge in [0.2, 0.25) is 5.91 Å². The van der Waals surface area contributed by atoms with Crippen molar-refractivity contribution in [3.05, 3.63) is 0 Å². The van der Waals surface area contributed by atoms with Crippen LogP contribution in [0.2, 0.25) is 0 Å². The molecule has 0 spiro atoms. The molecular weight excluding hydrogens is 316 g/mol. The topological polar surface area (TPSA) is 64.8 Å². The Kier molecular flexibility index (Phi) is 9.44. The standard InChI is InChI=1S/C17H32N2O3.ClH/c1-3-13(2)16(18)17(20)19-9-7-14(8-10-19)22-12-15-6-4-5-11-21-15;/h13-16H,3-12,18H2,1-2H3;1H. The van der Waals surface area contributed by atoms with Crippen molar-refractivity contribution < 1.29 is 14.3 Å². The number of ether oxygens (including phenoxy) is 2. The van der Waals surface area contributed by atoms with Crippen LogP contribution in [0.15, 0.2) is 0 Å². The molecule has 0 radical (unpaired) electrons. The molecule has 3 atom stereocenters. The van der Waals surface area contributed by atoms with Crippen molar-refractivity contribution in [2.75, 3.05) is 26.3 Å². The van der Waals surface area contributed by atoms with Gasteiger partial charge in [-0.25, -0.2) is 0 Å². The highest BCUT2D eigenvalue weighted by Gasteiger charge is 2.29. The molecule has 2 saturated heterocycles. The van der Waals surface area contributed by atoms with E-state index in [0.29, 0.717) is 6.61 Å². The zero-order chi connectivity index (χ0) is 15.9. The number of carbonyl (C=O) groups is 1. The molecular formula is C17H33ClN2O3. The molecule has 5 nitrogen and oxygen atoms in total. The minimum absolute atomic E-state index is 0. The monoisotopic (exact) mass is 348 g/mol. The van der Waals surface area contributed by atoms with Gasteiger partial charge in [0.25, 0.3) is 0 Å². The summed E-state index contributed by atoms with van der Waals surface area (Å²) in [5.41, 5.74) is 6.05. The maximum atomic E-state index is 12.4. The number of piperidine rings is 1. The van der Waals surface area contributed by atoms with Crippen molar-refractivity contribution in [3.8, 4) is 0 Å². The van der Waals surface area contributed by atoms with Crippen LogP contribution in [-0.2, 0) is 14.3 Å². The van der Waals surface area contributed by atoms with Gasteiger partial charge in [-0.3, -0.25) is 4.79 Å². The first-order valence-electron chi connectivity index (χ1n) is 8.89. The molecule has 0 aromatic carbocycles. The molecule has 6 heteroatoms. The van der Waals surface area contributed by atoms with Crippen LogP contribution in [0.4, 0.5) is 0 Å². The van der Waals surface area contributed by atoms with Gasteiger partial charge in [0.15, 0.2) is 0 Å². The first kappa shape index (κ1) is 20.7. The predicted octanol–water partition coefficient (Wildman–Crippen LogP) is 2.36. The van der Waals surface area contributed by atoms with E-state index in [1.807, 2.05) is 11.8 Å². The highest BCUT2D eigenvalue weighted by Crippen LogP contribution is 2.19. The van der Waals surface area contributed by atoms with E-state index in [-0.39, 0.29) is 42.5 Å². The number of halogens is 1. The molecule has 0 saturated carbocycles. The van der Waals surface area contributed by atoms with Crippen molar-refractivity contribution in [2.45, 2.75) is 70.6 Å². The van der Waals surface area contributed by atoms with Crippen LogP contribution in [0.3, 0.4) is 0 Å². The van der Waals surface area contributed by atoms with Gasteiger partial charge >= 0.3 is 0 Å². The lowest BCUT2D eigenvalue weighted by Crippen LogP contribution is -2.50. The van der Waals surface area contributed by atoms with E-state index >= 15 is 0 Å². The molecule has 0 aromatic rings. The molecule has 0 bridgehead atoms. The first-order chi connectivity index (χ1) is 10.6. The van der Waals surface area contributed by atoms with Crippen LogP contribution in [0, 0.1) is 5.92 Å². The van der Waals surface area contributed by atoms with Crippen molar-refractivity contribution in [2.24, 2.45) is 11.7 Å². The van der Waals surface area contributed by atoms with Crippen LogP contribution in [-0.4, -0.2) is 55.4 Å². The molecule has 3 unspecified atom stereocenters. The normalized spacial score (nSPS) is 25.5. The summed E-state index contributed by atoms with van der Waals surface area (Å²) < 4.78 is 11.7. The van der Waals surface area contributed by atoms with E-state index in [1.54, 1.807) is 0 Å². The lowest BCUT2D eigenvalue weighted by molar-refractivity contribution is -0.137. The summed E-state index contributed by atoms with van der Waals surface area (Å²) in [4.78, 5) is 14.3. The quantitative estimate of drug-likeness (QED) is 0.800. The van der Waals surface area contributed by atoms with E-state index in [2.05, 4.69) is 6.92 Å². The van der Waals surface area contributed by atoms with Gasteiger partial charge in [-0.05, 0) is 38.0 Å². The van der Waals surface area contributed by atoms with Crippen molar-refractivity contribution in [1.29, 1.82) is 0 Å². The number of hydrogen-bond donors (Lipinski definition) is 1. The zero-order valence-corrected chi connectivity index (χ0v) is 15.4. The summed E-state index contributed by atoms with van der Waals surface area (Å²) in [7, 11) is 0. The Labute approximate surface area is 146 Å². The predicted molar refractivity (Wildman–Crippen MR) is 93.8 cm³/mol. The largest absolute Gasteiger partial charge is 0.376 e. The molecule has 2 N–H and O–H groups in total. The second kappa shape index (κ2) is 10.5. The third-order valence-electron chi connectivity index (χ3n) is 5.09. The SMILES string of the molecule is CCC(C)C(N)C(=O)N1CCC(OCC2CCCCO2)CC1.Cl. The summed E-state index contributed by atoms with van der Waals surface area (Å²) in [5, 5.41) is 0. The average Bonchev–Trinajstić information content (AvgIpc) is 2.59. The Balaban J connectivity index is 0.00000264. The third kappa shape index (κ3) is 6.22. The molecule has 2 heterocycles. The molecule has 2 rings (SSSR count). The van der Waals surface area contributed by atoms with Gasteiger partial charge < -0.3 is 20.1 Å². The maximum Gasteiger partial charge on any atom is 0.239 e. The zero-order valence-electron chi connectivity index (χ0n) is 14.5.